The average Bonchev–Trinajstić information content (AvgIpc) is 2.57. The summed E-state index contributed by atoms with van der Waals surface area (Å²) >= 11 is 0. The second kappa shape index (κ2) is 20.5. The molecule has 4 nitrogen and oxygen atoms in total. The standard InChI is InChI=1S/C16H33NO.C2H6.HNO/c1-2-3-4-5-6-7-8-9-10-13-17-14-11-12-16(18)15-17;2*1-2/h16,18H,2-15H2,1H3;1-2H3;1H. The average molecular weight is 317 g/mol. The molecule has 1 heterocycles. The Balaban J connectivity index is 0. The van der Waals surface area contributed by atoms with Gasteiger partial charge in [-0.25, -0.2) is 0 Å². The minimum absolute atomic E-state index is 0.0580. The van der Waals surface area contributed by atoms with Crippen molar-refractivity contribution in [1.82, 2.24) is 4.90 Å². The van der Waals surface area contributed by atoms with Crippen molar-refractivity contribution in [1.29, 1.82) is 5.59 Å². The van der Waals surface area contributed by atoms with Gasteiger partial charge in [-0.15, -0.1) is 0 Å². The van der Waals surface area contributed by atoms with Gasteiger partial charge in [-0.2, -0.15) is 4.91 Å². The molecule has 0 aromatic carbocycles. The van der Waals surface area contributed by atoms with Gasteiger partial charge < -0.3 is 10.0 Å². The number of piperidine rings is 1. The Morgan fingerprint density at radius 1 is 0.955 bits per heavy atom. The zero-order valence-electron chi connectivity index (χ0n) is 15.3. The van der Waals surface area contributed by atoms with E-state index in [0.29, 0.717) is 0 Å². The molecule has 1 aliphatic heterocycles. The molecule has 4 heteroatoms. The number of rotatable bonds is 10. The first-order valence-electron chi connectivity index (χ1n) is 9.43. The highest BCUT2D eigenvalue weighted by atomic mass is 16.3. The van der Waals surface area contributed by atoms with Crippen LogP contribution < -0.4 is 0 Å². The van der Waals surface area contributed by atoms with Crippen LogP contribution in [0.25, 0.3) is 0 Å². The fourth-order valence-corrected chi connectivity index (χ4v) is 2.88. The van der Waals surface area contributed by atoms with Crippen LogP contribution in [0.2, 0.25) is 0 Å². The van der Waals surface area contributed by atoms with Gasteiger partial charge in [0, 0.05) is 6.54 Å². The molecule has 0 aliphatic carbocycles. The smallest absolute Gasteiger partial charge is 0.0667 e. The van der Waals surface area contributed by atoms with Crippen LogP contribution in [0, 0.1) is 10.5 Å². The molecular formula is C18H40N2O2. The molecule has 1 fully saturated rings. The van der Waals surface area contributed by atoms with Gasteiger partial charge in [0.25, 0.3) is 0 Å². The zero-order valence-corrected chi connectivity index (χ0v) is 15.3. The van der Waals surface area contributed by atoms with E-state index in [1.165, 1.54) is 77.3 Å². The van der Waals surface area contributed by atoms with Gasteiger partial charge in [0.05, 0.1) is 6.10 Å². The van der Waals surface area contributed by atoms with Gasteiger partial charge in [-0.05, 0) is 32.4 Å². The summed E-state index contributed by atoms with van der Waals surface area (Å²) in [6.07, 6.45) is 14.7. The highest BCUT2D eigenvalue weighted by Crippen LogP contribution is 2.13. The summed E-state index contributed by atoms with van der Waals surface area (Å²) in [5.41, 5.74) is 4.50. The van der Waals surface area contributed by atoms with Gasteiger partial charge in [-0.1, -0.05) is 77.7 Å². The summed E-state index contributed by atoms with van der Waals surface area (Å²) < 4.78 is 0. The Bertz CT molecular complexity index is 204. The van der Waals surface area contributed by atoms with E-state index >= 15 is 0 Å². The normalized spacial score (nSPS) is 17.9. The molecule has 0 spiro atoms. The van der Waals surface area contributed by atoms with E-state index in [1.807, 2.05) is 13.8 Å². The molecule has 1 unspecified atom stereocenters. The van der Waals surface area contributed by atoms with E-state index < -0.39 is 0 Å². The van der Waals surface area contributed by atoms with Crippen LogP contribution in [0.4, 0.5) is 0 Å². The third-order valence-electron chi connectivity index (χ3n) is 4.06. The van der Waals surface area contributed by atoms with Crippen molar-refractivity contribution < 1.29 is 5.11 Å². The summed E-state index contributed by atoms with van der Waals surface area (Å²) in [5, 5.41) is 9.58. The first-order chi connectivity index (χ1) is 10.8. The van der Waals surface area contributed by atoms with Crippen LogP contribution in [0.5, 0.6) is 0 Å². The topological polar surface area (TPSA) is 64.4 Å². The Morgan fingerprint density at radius 3 is 1.95 bits per heavy atom. The predicted octanol–water partition coefficient (Wildman–Crippen LogP) is 5.33. The van der Waals surface area contributed by atoms with Crippen molar-refractivity contribution in [2.24, 2.45) is 0 Å². The fourth-order valence-electron chi connectivity index (χ4n) is 2.88. The van der Waals surface area contributed by atoms with Crippen molar-refractivity contribution in [3.63, 3.8) is 0 Å². The number of nitrogens with one attached hydrogen (secondary N) is 1. The Morgan fingerprint density at radius 2 is 1.45 bits per heavy atom. The quantitative estimate of drug-likeness (QED) is 0.423. The SMILES string of the molecule is CC.CCCCCCCCCCCN1CCCC(O)C1.N=O. The molecule has 0 amide bonds. The summed E-state index contributed by atoms with van der Waals surface area (Å²) in [7, 11) is 0. The van der Waals surface area contributed by atoms with Gasteiger partial charge >= 0.3 is 0 Å². The number of nitrogens with zero attached hydrogens (tertiary/aromatic N) is 1. The van der Waals surface area contributed by atoms with E-state index in [2.05, 4.69) is 17.4 Å². The predicted molar refractivity (Wildman–Crippen MR) is 96.3 cm³/mol. The number of nitroso groups, excluding NO2 is 1. The Hall–Kier alpha value is -0.480. The molecule has 0 aromatic rings. The third kappa shape index (κ3) is 15.9. The van der Waals surface area contributed by atoms with Crippen LogP contribution in [-0.2, 0) is 0 Å². The van der Waals surface area contributed by atoms with Gasteiger partial charge in [0.15, 0.2) is 0 Å². The molecule has 22 heavy (non-hydrogen) atoms. The second-order valence-electron chi connectivity index (χ2n) is 5.93. The van der Waals surface area contributed by atoms with Crippen LogP contribution >= 0.6 is 0 Å². The van der Waals surface area contributed by atoms with Crippen molar-refractivity contribution in [3.8, 4) is 0 Å². The number of β-amino-alcohol motifs (C(OH)–C–C–N with tert-alkyl or cyclic N) is 1. The molecular weight excluding hydrogens is 276 g/mol. The molecule has 134 valence electrons. The summed E-state index contributed by atoms with van der Waals surface area (Å²) in [6, 6.07) is 0. The number of unbranched alkanes of at least 4 members (excludes halogenated alkanes) is 8. The van der Waals surface area contributed by atoms with Gasteiger partial charge in [0.2, 0.25) is 0 Å². The maximum absolute atomic E-state index is 9.58. The largest absolute Gasteiger partial charge is 0.392 e. The molecule has 0 aromatic heterocycles. The van der Waals surface area contributed by atoms with Gasteiger partial charge in [0.1, 0.15) is 0 Å². The summed E-state index contributed by atoms with van der Waals surface area (Å²) in [5.74, 6) is 0. The van der Waals surface area contributed by atoms with Crippen LogP contribution in [0.15, 0.2) is 0 Å². The van der Waals surface area contributed by atoms with Gasteiger partial charge in [-0.3, -0.25) is 0 Å². The Kier molecular flexibility index (Phi) is 22.2. The van der Waals surface area contributed by atoms with Crippen molar-refractivity contribution in [2.45, 2.75) is 97.5 Å². The summed E-state index contributed by atoms with van der Waals surface area (Å²) in [6.45, 7) is 9.59. The summed E-state index contributed by atoms with van der Waals surface area (Å²) in [4.78, 5) is 9.94. The zero-order chi connectivity index (χ0) is 17.1. The number of aliphatic hydroxyl groups excluding tert-OH is 1. The maximum atomic E-state index is 9.58. The number of aliphatic hydroxyl groups is 1. The van der Waals surface area contributed by atoms with E-state index in [-0.39, 0.29) is 6.10 Å². The van der Waals surface area contributed by atoms with E-state index in [0.717, 1.165) is 13.0 Å². The number of hydrogen-bond donors (Lipinski definition) is 2. The first kappa shape index (κ1) is 23.8. The minimum Gasteiger partial charge on any atom is -0.392 e. The lowest BCUT2D eigenvalue weighted by atomic mass is 10.1. The van der Waals surface area contributed by atoms with Crippen molar-refractivity contribution in [3.05, 3.63) is 4.91 Å². The monoisotopic (exact) mass is 316 g/mol. The highest BCUT2D eigenvalue weighted by Gasteiger charge is 2.16. The molecule has 0 saturated carbocycles. The highest BCUT2D eigenvalue weighted by molar-refractivity contribution is 4.71. The van der Waals surface area contributed by atoms with Crippen LogP contribution in [0.3, 0.4) is 0 Å². The number of hydrogen-bond acceptors (Lipinski definition) is 4. The van der Waals surface area contributed by atoms with Crippen LogP contribution in [0.1, 0.15) is 91.4 Å². The molecule has 1 saturated heterocycles. The lowest BCUT2D eigenvalue weighted by Gasteiger charge is -2.29. The fraction of sp³-hybridized carbons (Fsp3) is 1.00. The first-order valence-corrected chi connectivity index (χ1v) is 9.43. The Labute approximate surface area is 138 Å². The van der Waals surface area contributed by atoms with E-state index in [1.54, 1.807) is 0 Å². The number of likely N-dealkylation sites (tertiary alicyclic amines) is 1. The molecule has 1 rings (SSSR count). The van der Waals surface area contributed by atoms with E-state index in [4.69, 9.17) is 4.91 Å². The van der Waals surface area contributed by atoms with Crippen molar-refractivity contribution in [2.75, 3.05) is 19.6 Å². The third-order valence-corrected chi connectivity index (χ3v) is 4.06. The molecule has 0 bridgehead atoms. The molecule has 0 radical (unpaired) electrons. The molecule has 2 N–H and O–H groups in total. The second-order valence-corrected chi connectivity index (χ2v) is 5.93. The van der Waals surface area contributed by atoms with E-state index in [9.17, 15) is 5.11 Å². The lowest BCUT2D eigenvalue weighted by molar-refractivity contribution is 0.0698. The minimum atomic E-state index is -0.0580. The molecule has 1 atom stereocenters. The maximum Gasteiger partial charge on any atom is 0.0667 e. The molecule has 1 aliphatic rings. The van der Waals surface area contributed by atoms with Crippen molar-refractivity contribution >= 4 is 0 Å². The van der Waals surface area contributed by atoms with Crippen LogP contribution in [-0.4, -0.2) is 35.7 Å². The lowest BCUT2D eigenvalue weighted by Crippen LogP contribution is -2.38.